The Bertz CT molecular complexity index is 469. The molecule has 3 atom stereocenters. The van der Waals surface area contributed by atoms with E-state index in [-0.39, 0.29) is 0 Å². The van der Waals surface area contributed by atoms with E-state index >= 15 is 0 Å². The van der Waals surface area contributed by atoms with E-state index in [0.717, 1.165) is 37.4 Å². The normalized spacial score (nSPS) is 21.0. The van der Waals surface area contributed by atoms with E-state index in [2.05, 4.69) is 45.8 Å². The number of epoxide rings is 1. The van der Waals surface area contributed by atoms with E-state index < -0.39 is 41.7 Å². The third-order valence-electron chi connectivity index (χ3n) is 4.78. The Morgan fingerprint density at radius 1 is 1.19 bits per heavy atom. The van der Waals surface area contributed by atoms with Gasteiger partial charge in [0.2, 0.25) is 16.9 Å². The summed E-state index contributed by atoms with van der Waals surface area (Å²) in [5.41, 5.74) is 0.718. The van der Waals surface area contributed by atoms with Gasteiger partial charge in [0.25, 0.3) is 8.68 Å². The Balaban J connectivity index is 2.62. The maximum Gasteiger partial charge on any atom is 0.275 e. The second kappa shape index (κ2) is 11.2. The lowest BCUT2D eigenvalue weighted by Crippen LogP contribution is -2.64. The summed E-state index contributed by atoms with van der Waals surface area (Å²) in [4.78, 5) is 0. The van der Waals surface area contributed by atoms with Gasteiger partial charge in [0.15, 0.2) is 16.2 Å². The van der Waals surface area contributed by atoms with E-state index in [0.29, 0.717) is 12.7 Å². The van der Waals surface area contributed by atoms with Crippen molar-refractivity contribution in [2.75, 3.05) is 19.8 Å². The molecule has 1 rings (SSSR count). The van der Waals surface area contributed by atoms with Gasteiger partial charge < -0.3 is 22.6 Å². The number of hydrogen-bond acceptors (Lipinski definition) is 6. The summed E-state index contributed by atoms with van der Waals surface area (Å²) in [6, 6.07) is 1.77. The third-order valence-corrected chi connectivity index (χ3v) is 28.5. The highest BCUT2D eigenvalue weighted by Crippen LogP contribution is 2.31. The summed E-state index contributed by atoms with van der Waals surface area (Å²) in [5.74, 6) is 0. The predicted octanol–water partition coefficient (Wildman–Crippen LogP) is 3.79. The van der Waals surface area contributed by atoms with Gasteiger partial charge in [0, 0.05) is 12.3 Å². The van der Waals surface area contributed by atoms with Crippen LogP contribution in [0.5, 0.6) is 0 Å². The Kier molecular flexibility index (Phi) is 10.6. The van der Waals surface area contributed by atoms with Crippen LogP contribution in [0.3, 0.4) is 0 Å². The highest BCUT2D eigenvalue weighted by Gasteiger charge is 2.52. The van der Waals surface area contributed by atoms with Crippen LogP contribution in [0, 0.1) is 0 Å². The van der Waals surface area contributed by atoms with Gasteiger partial charge in [-0.2, -0.15) is 0 Å². The molecule has 0 amide bonds. The first-order valence-electron chi connectivity index (χ1n) is 10.1. The molecule has 0 aromatic heterocycles. The van der Waals surface area contributed by atoms with Gasteiger partial charge in [-0.15, -0.1) is 0 Å². The first-order valence-corrected chi connectivity index (χ1v) is 24.3. The molecule has 3 unspecified atom stereocenters. The lowest BCUT2D eigenvalue weighted by atomic mass is 10.5. The molecule has 0 aliphatic carbocycles. The van der Waals surface area contributed by atoms with Crippen LogP contribution < -0.4 is 0 Å². The van der Waals surface area contributed by atoms with Crippen LogP contribution in [0.2, 0.25) is 63.6 Å². The van der Waals surface area contributed by atoms with E-state index in [1.54, 1.807) is 0 Å². The smallest absolute Gasteiger partial charge is 0.275 e. The molecule has 0 radical (unpaired) electrons. The van der Waals surface area contributed by atoms with Crippen LogP contribution in [-0.4, -0.2) is 67.6 Å². The summed E-state index contributed by atoms with van der Waals surface area (Å²) < 4.78 is 41.5. The van der Waals surface area contributed by atoms with Gasteiger partial charge in [-0.3, -0.25) is 4.58 Å². The number of ether oxygens (including phenoxy) is 2. The van der Waals surface area contributed by atoms with Crippen molar-refractivity contribution < 1.29 is 27.2 Å². The molecule has 0 N–H and O–H groups in total. The van der Waals surface area contributed by atoms with E-state index in [9.17, 15) is 4.46 Å². The SMILES string of the molecule is CC[Si](=O)C[SiH](C)OO[Si](C)(C)[Si](C)(CCCOCC1CO1)O[Si](C)(C)C. The first kappa shape index (κ1) is 25.7. The standard InChI is InChI=1S/C16H40O6Si5/c1-9-24(17)15-23(2)20-21-26(6,7)27(8,22-25(3,4)5)12-10-11-18-13-16-14-19-16/h16,23H,9-15H2,1-8H3. The Hall–Kier alpha value is 0.684. The Labute approximate surface area is 171 Å². The topological polar surface area (TPSA) is 66.5 Å². The number of hydrogen-bond donors (Lipinski definition) is 0. The molecule has 11 heteroatoms. The first-order chi connectivity index (χ1) is 12.4. The van der Waals surface area contributed by atoms with Gasteiger partial charge in [-0.1, -0.05) is 6.92 Å². The largest absolute Gasteiger partial charge is 0.456 e. The van der Waals surface area contributed by atoms with Crippen LogP contribution in [0.25, 0.3) is 0 Å². The maximum atomic E-state index is 11.8. The quantitative estimate of drug-likeness (QED) is 0.120. The van der Waals surface area contributed by atoms with Crippen molar-refractivity contribution in [1.29, 1.82) is 0 Å². The van der Waals surface area contributed by atoms with Gasteiger partial charge >= 0.3 is 0 Å². The van der Waals surface area contributed by atoms with Crippen LogP contribution in [0.4, 0.5) is 0 Å². The lowest BCUT2D eigenvalue weighted by molar-refractivity contribution is -0.114. The molecule has 1 saturated heterocycles. The minimum absolute atomic E-state index is 0.316. The van der Waals surface area contributed by atoms with E-state index in [1.807, 2.05) is 6.92 Å². The summed E-state index contributed by atoms with van der Waals surface area (Å²) in [6.07, 6.45) is 1.30. The average molecular weight is 469 g/mol. The monoisotopic (exact) mass is 468 g/mol. The second-order valence-corrected chi connectivity index (χ2v) is 32.4. The maximum absolute atomic E-state index is 11.8. The summed E-state index contributed by atoms with van der Waals surface area (Å²) in [5, 5.41) is 0. The molecule has 1 heterocycles. The van der Waals surface area contributed by atoms with Crippen molar-refractivity contribution in [3.63, 3.8) is 0 Å². The van der Waals surface area contributed by atoms with Crippen LogP contribution >= 0.6 is 0 Å². The van der Waals surface area contributed by atoms with Crippen LogP contribution in [0.1, 0.15) is 13.3 Å². The second-order valence-electron chi connectivity index (χ2n) is 9.18. The summed E-state index contributed by atoms with van der Waals surface area (Å²) in [6.45, 7) is 19.8. The lowest BCUT2D eigenvalue weighted by Gasteiger charge is -2.43. The molecule has 0 bridgehead atoms. The van der Waals surface area contributed by atoms with Crippen molar-refractivity contribution in [3.05, 3.63) is 0 Å². The third kappa shape index (κ3) is 10.3. The number of rotatable bonds is 15. The van der Waals surface area contributed by atoms with Gasteiger partial charge in [0.05, 0.1) is 13.2 Å². The highest BCUT2D eigenvalue weighted by atomic mass is 29.3. The Morgan fingerprint density at radius 3 is 2.33 bits per heavy atom. The molecule has 1 aliphatic rings. The fourth-order valence-electron chi connectivity index (χ4n) is 2.83. The molecular weight excluding hydrogens is 429 g/mol. The zero-order valence-electron chi connectivity index (χ0n) is 18.6. The van der Waals surface area contributed by atoms with Gasteiger partial charge in [0.1, 0.15) is 6.10 Å². The average Bonchev–Trinajstić information content (AvgIpc) is 3.35. The molecule has 0 spiro atoms. The molecule has 0 aromatic carbocycles. The minimum Gasteiger partial charge on any atom is -0.456 e. The molecule has 0 aromatic rings. The van der Waals surface area contributed by atoms with E-state index in [4.69, 9.17) is 22.7 Å². The summed E-state index contributed by atoms with van der Waals surface area (Å²) >= 11 is 0. The highest BCUT2D eigenvalue weighted by molar-refractivity contribution is 7.37. The van der Waals surface area contributed by atoms with Gasteiger partial charge in [-0.05, 0) is 64.3 Å². The van der Waals surface area contributed by atoms with Crippen LogP contribution in [0.15, 0.2) is 0 Å². The molecule has 1 fully saturated rings. The minimum atomic E-state index is -2.17. The fourth-order valence-corrected chi connectivity index (χ4v) is 25.1. The summed E-state index contributed by atoms with van der Waals surface area (Å²) in [7, 11) is -9.02. The van der Waals surface area contributed by atoms with Crippen molar-refractivity contribution >= 4 is 41.7 Å². The molecule has 27 heavy (non-hydrogen) atoms. The van der Waals surface area contributed by atoms with Crippen molar-refractivity contribution in [3.8, 4) is 0 Å². The van der Waals surface area contributed by atoms with E-state index in [1.165, 1.54) is 0 Å². The molecular formula is C16H40O6Si5. The van der Waals surface area contributed by atoms with Gasteiger partial charge in [-0.25, -0.2) is 0 Å². The zero-order chi connectivity index (χ0) is 20.7. The molecule has 0 saturated carbocycles. The molecule has 1 aliphatic heterocycles. The van der Waals surface area contributed by atoms with Crippen molar-refractivity contribution in [1.82, 2.24) is 0 Å². The zero-order valence-corrected chi connectivity index (χ0v) is 23.7. The van der Waals surface area contributed by atoms with Crippen molar-refractivity contribution in [2.24, 2.45) is 0 Å². The Morgan fingerprint density at radius 2 is 1.81 bits per heavy atom. The van der Waals surface area contributed by atoms with Crippen molar-refractivity contribution in [2.45, 2.75) is 83.0 Å². The van der Waals surface area contributed by atoms with Crippen LogP contribution in [-0.2, 0) is 27.2 Å². The predicted molar refractivity (Wildman–Crippen MR) is 120 cm³/mol. The molecule has 6 nitrogen and oxygen atoms in total. The fraction of sp³-hybridized carbons (Fsp3) is 1.00. The molecule has 160 valence electrons.